The number of halogens is 2. The summed E-state index contributed by atoms with van der Waals surface area (Å²) in [4.78, 5) is 4.34. The Labute approximate surface area is 120 Å². The molecule has 0 fully saturated rings. The van der Waals surface area contributed by atoms with Crippen LogP contribution in [0.2, 0.25) is 0 Å². The van der Waals surface area contributed by atoms with E-state index < -0.39 is 0 Å². The molecule has 0 bridgehead atoms. The molecule has 0 radical (unpaired) electrons. The van der Waals surface area contributed by atoms with Gasteiger partial charge in [-0.25, -0.2) is 8.78 Å². The summed E-state index contributed by atoms with van der Waals surface area (Å²) in [6, 6.07) is 13.9. The molecule has 0 saturated carbocycles. The van der Waals surface area contributed by atoms with Crippen LogP contribution in [0.4, 0.5) is 14.5 Å². The topological polar surface area (TPSA) is 38.9 Å². The highest BCUT2D eigenvalue weighted by molar-refractivity contribution is 5.82. The summed E-state index contributed by atoms with van der Waals surface area (Å²) in [5, 5.41) is 0. The first-order chi connectivity index (χ1) is 10.1. The lowest BCUT2D eigenvalue weighted by molar-refractivity contribution is 0.627. The number of benzene rings is 2. The highest BCUT2D eigenvalue weighted by Crippen LogP contribution is 2.31. The molecule has 0 aliphatic rings. The lowest BCUT2D eigenvalue weighted by atomic mass is 9.99. The normalized spacial score (nSPS) is 10.6. The number of nitrogens with two attached hydrogens (primary N) is 1. The smallest absolute Gasteiger partial charge is 0.123 e. The second kappa shape index (κ2) is 5.32. The molecule has 2 aromatic carbocycles. The lowest BCUT2D eigenvalue weighted by Crippen LogP contribution is -1.94. The molecule has 2 N–H and O–H groups in total. The van der Waals surface area contributed by atoms with Gasteiger partial charge in [-0.15, -0.1) is 0 Å². The number of aromatic nitrogens is 1. The Morgan fingerprint density at radius 1 is 0.762 bits per heavy atom. The van der Waals surface area contributed by atoms with Gasteiger partial charge in [0.1, 0.15) is 11.6 Å². The minimum absolute atomic E-state index is 0.307. The van der Waals surface area contributed by atoms with Gasteiger partial charge in [-0.2, -0.15) is 0 Å². The Morgan fingerprint density at radius 3 is 1.86 bits per heavy atom. The van der Waals surface area contributed by atoms with E-state index in [2.05, 4.69) is 4.98 Å². The fourth-order valence-electron chi connectivity index (χ4n) is 2.17. The van der Waals surface area contributed by atoms with Crippen molar-refractivity contribution in [2.75, 3.05) is 5.73 Å². The van der Waals surface area contributed by atoms with Gasteiger partial charge in [-0.3, -0.25) is 4.98 Å². The van der Waals surface area contributed by atoms with Crippen LogP contribution in [-0.2, 0) is 0 Å². The van der Waals surface area contributed by atoms with Crippen LogP contribution in [0.15, 0.2) is 60.8 Å². The summed E-state index contributed by atoms with van der Waals surface area (Å²) < 4.78 is 26.1. The molecule has 2 nitrogen and oxygen atoms in total. The summed E-state index contributed by atoms with van der Waals surface area (Å²) in [6.07, 6.45) is 1.55. The number of pyridine rings is 1. The number of anilines is 1. The maximum absolute atomic E-state index is 13.1. The Hall–Kier alpha value is -2.75. The lowest BCUT2D eigenvalue weighted by Gasteiger charge is -2.10. The number of nitrogen functional groups attached to an aromatic ring is 1. The van der Waals surface area contributed by atoms with E-state index in [1.54, 1.807) is 36.5 Å². The van der Waals surface area contributed by atoms with E-state index >= 15 is 0 Å². The molecule has 0 unspecified atom stereocenters. The predicted molar refractivity (Wildman–Crippen MR) is 79.4 cm³/mol. The molecule has 0 saturated heterocycles. The Kier molecular flexibility index (Phi) is 3.36. The van der Waals surface area contributed by atoms with Gasteiger partial charge in [0.2, 0.25) is 0 Å². The van der Waals surface area contributed by atoms with Crippen LogP contribution >= 0.6 is 0 Å². The zero-order valence-electron chi connectivity index (χ0n) is 11.1. The zero-order valence-corrected chi connectivity index (χ0v) is 11.1. The van der Waals surface area contributed by atoms with E-state index in [9.17, 15) is 8.78 Å². The summed E-state index contributed by atoms with van der Waals surface area (Å²) in [6.45, 7) is 0. The van der Waals surface area contributed by atoms with Gasteiger partial charge >= 0.3 is 0 Å². The van der Waals surface area contributed by atoms with Crippen molar-refractivity contribution in [2.24, 2.45) is 0 Å². The summed E-state index contributed by atoms with van der Waals surface area (Å²) in [7, 11) is 0. The van der Waals surface area contributed by atoms with E-state index in [1.807, 2.05) is 0 Å². The number of rotatable bonds is 2. The van der Waals surface area contributed by atoms with Gasteiger partial charge < -0.3 is 5.73 Å². The monoisotopic (exact) mass is 282 g/mol. The average Bonchev–Trinajstić information content (AvgIpc) is 2.49. The molecular weight excluding hydrogens is 270 g/mol. The Balaban J connectivity index is 2.17. The third-order valence-corrected chi connectivity index (χ3v) is 3.18. The standard InChI is InChI=1S/C17H12F2N2/c18-13-5-1-11(2-6-13)16-9-15(20)10-21-17(16)12-3-7-14(19)8-4-12/h1-10H,20H2. The van der Waals surface area contributed by atoms with Crippen LogP contribution in [0.25, 0.3) is 22.4 Å². The minimum Gasteiger partial charge on any atom is -0.397 e. The van der Waals surface area contributed by atoms with Crippen molar-refractivity contribution in [1.29, 1.82) is 0 Å². The number of nitrogens with zero attached hydrogens (tertiary/aromatic N) is 1. The van der Waals surface area contributed by atoms with Crippen LogP contribution in [0.3, 0.4) is 0 Å². The first-order valence-electron chi connectivity index (χ1n) is 6.41. The van der Waals surface area contributed by atoms with Crippen LogP contribution in [-0.4, -0.2) is 4.98 Å². The molecule has 0 aliphatic heterocycles. The van der Waals surface area contributed by atoms with Crippen molar-refractivity contribution >= 4 is 5.69 Å². The average molecular weight is 282 g/mol. The fraction of sp³-hybridized carbons (Fsp3) is 0. The molecule has 0 amide bonds. The van der Waals surface area contributed by atoms with Crippen LogP contribution < -0.4 is 5.73 Å². The van der Waals surface area contributed by atoms with E-state index in [-0.39, 0.29) is 11.6 Å². The van der Waals surface area contributed by atoms with Gasteiger partial charge in [0.25, 0.3) is 0 Å². The van der Waals surface area contributed by atoms with Crippen molar-refractivity contribution in [2.45, 2.75) is 0 Å². The highest BCUT2D eigenvalue weighted by atomic mass is 19.1. The van der Waals surface area contributed by atoms with Crippen LogP contribution in [0.5, 0.6) is 0 Å². The molecule has 3 aromatic rings. The van der Waals surface area contributed by atoms with E-state index in [0.717, 1.165) is 16.7 Å². The van der Waals surface area contributed by atoms with Gasteiger partial charge in [0.05, 0.1) is 17.6 Å². The molecule has 0 spiro atoms. The molecule has 1 aromatic heterocycles. The molecule has 0 aliphatic carbocycles. The van der Waals surface area contributed by atoms with Crippen molar-refractivity contribution in [1.82, 2.24) is 4.98 Å². The van der Waals surface area contributed by atoms with Gasteiger partial charge in [-0.1, -0.05) is 12.1 Å². The molecule has 4 heteroatoms. The summed E-state index contributed by atoms with van der Waals surface area (Å²) in [5.74, 6) is -0.614. The maximum atomic E-state index is 13.1. The third kappa shape index (κ3) is 2.74. The zero-order chi connectivity index (χ0) is 14.8. The minimum atomic E-state index is -0.308. The van der Waals surface area contributed by atoms with Crippen molar-refractivity contribution in [3.8, 4) is 22.4 Å². The van der Waals surface area contributed by atoms with Crippen LogP contribution in [0.1, 0.15) is 0 Å². The van der Waals surface area contributed by atoms with Crippen molar-refractivity contribution in [3.05, 3.63) is 72.4 Å². The Morgan fingerprint density at radius 2 is 1.29 bits per heavy atom. The van der Waals surface area contributed by atoms with Gasteiger partial charge in [0, 0.05) is 11.1 Å². The van der Waals surface area contributed by atoms with Crippen molar-refractivity contribution < 1.29 is 8.78 Å². The molecule has 1 heterocycles. The van der Waals surface area contributed by atoms with E-state index in [1.165, 1.54) is 24.3 Å². The van der Waals surface area contributed by atoms with E-state index in [4.69, 9.17) is 5.73 Å². The van der Waals surface area contributed by atoms with Gasteiger partial charge in [-0.05, 0) is 48.0 Å². The summed E-state index contributed by atoms with van der Waals surface area (Å²) >= 11 is 0. The SMILES string of the molecule is Nc1cnc(-c2ccc(F)cc2)c(-c2ccc(F)cc2)c1. The van der Waals surface area contributed by atoms with Crippen LogP contribution in [0, 0.1) is 11.6 Å². The van der Waals surface area contributed by atoms with E-state index in [0.29, 0.717) is 11.4 Å². The third-order valence-electron chi connectivity index (χ3n) is 3.18. The van der Waals surface area contributed by atoms with Crippen molar-refractivity contribution in [3.63, 3.8) is 0 Å². The Bertz CT molecular complexity index is 766. The summed E-state index contributed by atoms with van der Waals surface area (Å²) in [5.41, 5.74) is 9.35. The molecule has 104 valence electrons. The molecule has 3 rings (SSSR count). The second-order valence-electron chi connectivity index (χ2n) is 4.68. The van der Waals surface area contributed by atoms with Gasteiger partial charge in [0.15, 0.2) is 0 Å². The quantitative estimate of drug-likeness (QED) is 0.762. The molecule has 21 heavy (non-hydrogen) atoms. The molecule has 0 atom stereocenters. The predicted octanol–water partition coefficient (Wildman–Crippen LogP) is 4.28. The molecular formula is C17H12F2N2. The fourth-order valence-corrected chi connectivity index (χ4v) is 2.17. The number of hydrogen-bond acceptors (Lipinski definition) is 2. The first kappa shape index (κ1) is 13.2. The number of hydrogen-bond donors (Lipinski definition) is 1. The maximum Gasteiger partial charge on any atom is 0.123 e. The second-order valence-corrected chi connectivity index (χ2v) is 4.68. The highest BCUT2D eigenvalue weighted by Gasteiger charge is 2.10. The first-order valence-corrected chi connectivity index (χ1v) is 6.41. The largest absolute Gasteiger partial charge is 0.397 e.